The van der Waals surface area contributed by atoms with Crippen molar-refractivity contribution in [2.75, 3.05) is 0 Å². The molecule has 0 amide bonds. The Labute approximate surface area is 82.6 Å². The Balaban J connectivity index is 3.61. The second kappa shape index (κ2) is 3.51. The first-order chi connectivity index (χ1) is 6.49. The minimum atomic E-state index is -0.234. The van der Waals surface area contributed by atoms with E-state index in [1.54, 1.807) is 13.0 Å². The number of hydrogen-bond acceptors (Lipinski definition) is 3. The summed E-state index contributed by atoms with van der Waals surface area (Å²) in [6, 6.07) is 3.50. The number of hydrogen-bond donors (Lipinski definition) is 1. The predicted octanol–water partition coefficient (Wildman–Crippen LogP) is 2.08. The molecule has 72 valence electrons. The summed E-state index contributed by atoms with van der Waals surface area (Å²) in [6.07, 6.45) is 0. The van der Waals surface area contributed by atoms with Crippen LogP contribution in [0.4, 0.5) is 0 Å². The molecular formula is C11H11NO2. The monoisotopic (exact) mass is 189 g/mol. The van der Waals surface area contributed by atoms with Crippen molar-refractivity contribution < 1.29 is 9.90 Å². The second-order valence-electron chi connectivity index (χ2n) is 3.26. The third-order valence-electron chi connectivity index (χ3n) is 2.31. The van der Waals surface area contributed by atoms with Gasteiger partial charge in [0, 0.05) is 0 Å². The number of ketones is 1. The fraction of sp³-hybridized carbons (Fsp3) is 0.273. The molecule has 0 bridgehead atoms. The van der Waals surface area contributed by atoms with Crippen LogP contribution in [0.5, 0.6) is 5.75 Å². The molecule has 0 aromatic heterocycles. The maximum absolute atomic E-state index is 11.1. The van der Waals surface area contributed by atoms with Gasteiger partial charge in [-0.3, -0.25) is 4.79 Å². The van der Waals surface area contributed by atoms with E-state index in [4.69, 9.17) is 5.26 Å². The molecule has 0 heterocycles. The maximum atomic E-state index is 11.1. The largest absolute Gasteiger partial charge is 0.506 e. The summed E-state index contributed by atoms with van der Waals surface area (Å²) < 4.78 is 0. The van der Waals surface area contributed by atoms with Gasteiger partial charge in [0.2, 0.25) is 0 Å². The van der Waals surface area contributed by atoms with Crippen LogP contribution >= 0.6 is 0 Å². The molecule has 0 aliphatic rings. The van der Waals surface area contributed by atoms with Crippen molar-refractivity contribution in [2.45, 2.75) is 20.8 Å². The lowest BCUT2D eigenvalue weighted by Gasteiger charge is -2.08. The standard InChI is InChI=1S/C11H11NO2/c1-6-4-9(8(3)13)11(14)10(5-12)7(6)2/h4,14H,1-3H3. The van der Waals surface area contributed by atoms with Crippen molar-refractivity contribution in [3.63, 3.8) is 0 Å². The Hall–Kier alpha value is -1.82. The third-order valence-corrected chi connectivity index (χ3v) is 2.31. The van der Waals surface area contributed by atoms with Crippen molar-refractivity contribution in [1.29, 1.82) is 5.26 Å². The van der Waals surface area contributed by atoms with Gasteiger partial charge in [0.15, 0.2) is 5.78 Å². The van der Waals surface area contributed by atoms with Crippen LogP contribution in [0.1, 0.15) is 34.0 Å². The van der Waals surface area contributed by atoms with E-state index < -0.39 is 0 Å². The van der Waals surface area contributed by atoms with Gasteiger partial charge < -0.3 is 5.11 Å². The lowest BCUT2D eigenvalue weighted by Crippen LogP contribution is -1.98. The molecule has 1 N–H and O–H groups in total. The molecule has 0 saturated carbocycles. The number of aromatic hydroxyl groups is 1. The number of phenolic OH excluding ortho intramolecular Hbond substituents is 1. The van der Waals surface area contributed by atoms with E-state index in [2.05, 4.69) is 0 Å². The molecule has 0 radical (unpaired) electrons. The summed E-state index contributed by atoms with van der Waals surface area (Å²) in [4.78, 5) is 11.1. The van der Waals surface area contributed by atoms with Crippen LogP contribution < -0.4 is 0 Å². The molecule has 1 rings (SSSR count). The van der Waals surface area contributed by atoms with Crippen LogP contribution in [0.2, 0.25) is 0 Å². The minimum absolute atomic E-state index is 0.190. The fourth-order valence-electron chi connectivity index (χ4n) is 1.31. The molecule has 0 unspecified atom stereocenters. The second-order valence-corrected chi connectivity index (χ2v) is 3.26. The summed E-state index contributed by atoms with van der Waals surface area (Å²) in [5, 5.41) is 18.4. The average molecular weight is 189 g/mol. The number of nitriles is 1. The van der Waals surface area contributed by atoms with E-state index in [0.717, 1.165) is 11.1 Å². The Bertz CT molecular complexity index is 442. The van der Waals surface area contributed by atoms with Crippen molar-refractivity contribution in [1.82, 2.24) is 0 Å². The van der Waals surface area contributed by atoms with Gasteiger partial charge in [-0.15, -0.1) is 0 Å². The lowest BCUT2D eigenvalue weighted by molar-refractivity contribution is 0.101. The van der Waals surface area contributed by atoms with E-state index in [1.165, 1.54) is 6.92 Å². The number of rotatable bonds is 1. The fourth-order valence-corrected chi connectivity index (χ4v) is 1.31. The highest BCUT2D eigenvalue weighted by Gasteiger charge is 2.15. The van der Waals surface area contributed by atoms with E-state index in [0.29, 0.717) is 0 Å². The van der Waals surface area contributed by atoms with Crippen molar-refractivity contribution in [3.8, 4) is 11.8 Å². The van der Waals surface area contributed by atoms with E-state index in [9.17, 15) is 9.90 Å². The zero-order chi connectivity index (χ0) is 10.9. The maximum Gasteiger partial charge on any atom is 0.163 e. The molecule has 1 aromatic carbocycles. The molecule has 3 heteroatoms. The van der Waals surface area contributed by atoms with Crippen molar-refractivity contribution in [3.05, 3.63) is 28.3 Å². The summed E-state index contributed by atoms with van der Waals surface area (Å²) in [6.45, 7) is 4.92. The van der Waals surface area contributed by atoms with Crippen LogP contribution in [0.25, 0.3) is 0 Å². The number of carbonyl (C=O) groups is 1. The molecular weight excluding hydrogens is 178 g/mol. The SMILES string of the molecule is CC(=O)c1cc(C)c(C)c(C#N)c1O. The lowest BCUT2D eigenvalue weighted by atomic mass is 9.97. The van der Waals surface area contributed by atoms with Crippen LogP contribution in [-0.4, -0.2) is 10.9 Å². The smallest absolute Gasteiger partial charge is 0.163 e. The van der Waals surface area contributed by atoms with Gasteiger partial charge in [0.25, 0.3) is 0 Å². The van der Waals surface area contributed by atoms with E-state index in [1.807, 2.05) is 13.0 Å². The number of aryl methyl sites for hydroxylation is 1. The predicted molar refractivity (Wildman–Crippen MR) is 52.3 cm³/mol. The first-order valence-electron chi connectivity index (χ1n) is 4.23. The average Bonchev–Trinajstić information content (AvgIpc) is 2.12. The van der Waals surface area contributed by atoms with Gasteiger partial charge in [0.1, 0.15) is 11.8 Å². The van der Waals surface area contributed by atoms with Crippen molar-refractivity contribution >= 4 is 5.78 Å². The summed E-state index contributed by atoms with van der Waals surface area (Å²) in [5.41, 5.74) is 1.96. The van der Waals surface area contributed by atoms with Crippen molar-refractivity contribution in [2.24, 2.45) is 0 Å². The van der Waals surface area contributed by atoms with Gasteiger partial charge >= 0.3 is 0 Å². The van der Waals surface area contributed by atoms with Crippen LogP contribution in [0, 0.1) is 25.2 Å². The number of benzene rings is 1. The zero-order valence-corrected chi connectivity index (χ0v) is 8.38. The highest BCUT2D eigenvalue weighted by Crippen LogP contribution is 2.28. The highest BCUT2D eigenvalue weighted by molar-refractivity contribution is 5.97. The Morgan fingerprint density at radius 3 is 2.50 bits per heavy atom. The first-order valence-corrected chi connectivity index (χ1v) is 4.23. The molecule has 0 saturated heterocycles. The number of phenols is 1. The quantitative estimate of drug-likeness (QED) is 0.688. The summed E-state index contributed by atoms with van der Waals surface area (Å²) >= 11 is 0. The normalized spacial score (nSPS) is 9.57. The molecule has 3 nitrogen and oxygen atoms in total. The molecule has 0 aliphatic carbocycles. The molecule has 14 heavy (non-hydrogen) atoms. The summed E-state index contributed by atoms with van der Waals surface area (Å²) in [5.74, 6) is -0.440. The number of nitrogens with zero attached hydrogens (tertiary/aromatic N) is 1. The molecule has 0 atom stereocenters. The minimum Gasteiger partial charge on any atom is -0.506 e. The Kier molecular flexibility index (Phi) is 2.57. The molecule has 0 spiro atoms. The van der Waals surface area contributed by atoms with Gasteiger partial charge in [-0.2, -0.15) is 5.26 Å². The van der Waals surface area contributed by atoms with Gasteiger partial charge in [0.05, 0.1) is 11.1 Å². The zero-order valence-electron chi connectivity index (χ0n) is 8.38. The van der Waals surface area contributed by atoms with Crippen LogP contribution in [0.3, 0.4) is 0 Å². The van der Waals surface area contributed by atoms with E-state index >= 15 is 0 Å². The van der Waals surface area contributed by atoms with E-state index in [-0.39, 0.29) is 22.7 Å². The number of carbonyl (C=O) groups excluding carboxylic acids is 1. The highest BCUT2D eigenvalue weighted by atomic mass is 16.3. The van der Waals surface area contributed by atoms with Gasteiger partial charge in [-0.1, -0.05) is 0 Å². The molecule has 1 aromatic rings. The topological polar surface area (TPSA) is 61.1 Å². The summed E-state index contributed by atoms with van der Waals surface area (Å²) in [7, 11) is 0. The third kappa shape index (κ3) is 1.47. The Morgan fingerprint density at radius 1 is 1.50 bits per heavy atom. The molecule has 0 aliphatic heterocycles. The number of Topliss-reactive ketones (excluding diaryl/α,β-unsaturated/α-hetero) is 1. The van der Waals surface area contributed by atoms with Gasteiger partial charge in [-0.25, -0.2) is 0 Å². The van der Waals surface area contributed by atoms with Crippen LogP contribution in [-0.2, 0) is 0 Å². The van der Waals surface area contributed by atoms with Gasteiger partial charge in [-0.05, 0) is 38.0 Å². The first kappa shape index (κ1) is 10.3. The molecule has 0 fully saturated rings. The Morgan fingerprint density at radius 2 is 2.07 bits per heavy atom. The van der Waals surface area contributed by atoms with Crippen LogP contribution in [0.15, 0.2) is 6.07 Å².